The van der Waals surface area contributed by atoms with Crippen molar-refractivity contribution < 1.29 is 5.11 Å². The molecule has 1 heterocycles. The molecule has 0 atom stereocenters. The molecule has 122 valence electrons. The first-order valence-corrected chi connectivity index (χ1v) is 10.9. The van der Waals surface area contributed by atoms with Crippen LogP contribution < -0.4 is 0 Å². The zero-order valence-corrected chi connectivity index (χ0v) is 15.5. The summed E-state index contributed by atoms with van der Waals surface area (Å²) in [7, 11) is 0. The molecule has 1 N–H and O–H groups in total. The molecule has 0 saturated heterocycles. The maximum atomic E-state index is 8.80. The van der Waals surface area contributed by atoms with E-state index in [1.807, 2.05) is 0 Å². The van der Waals surface area contributed by atoms with Crippen molar-refractivity contribution in [3.05, 3.63) is 0 Å². The van der Waals surface area contributed by atoms with E-state index in [9.17, 15) is 0 Å². The summed E-state index contributed by atoms with van der Waals surface area (Å²) in [6.07, 6.45) is 13.8. The Hall–Kier alpha value is 0.220. The Morgan fingerprint density at radius 1 is 0.810 bits per heavy atom. The second kappa shape index (κ2) is 13.9. The predicted molar refractivity (Wildman–Crippen MR) is 95.4 cm³/mol. The van der Waals surface area contributed by atoms with Crippen molar-refractivity contribution >= 4 is 34.9 Å². The molecule has 0 aliphatic rings. The van der Waals surface area contributed by atoms with Gasteiger partial charge in [0.2, 0.25) is 0 Å². The molecule has 3 nitrogen and oxygen atoms in total. The molecule has 0 unspecified atom stereocenters. The van der Waals surface area contributed by atoms with Gasteiger partial charge in [0.15, 0.2) is 8.68 Å². The first kappa shape index (κ1) is 19.3. The summed E-state index contributed by atoms with van der Waals surface area (Å²) in [4.78, 5) is 0. The van der Waals surface area contributed by atoms with Gasteiger partial charge in [-0.3, -0.25) is 0 Å². The number of aliphatic hydroxyl groups excluding tert-OH is 1. The van der Waals surface area contributed by atoms with Crippen LogP contribution in [0.2, 0.25) is 0 Å². The third-order valence-electron chi connectivity index (χ3n) is 3.30. The minimum absolute atomic E-state index is 0.0811. The van der Waals surface area contributed by atoms with Crippen molar-refractivity contribution in [2.75, 3.05) is 11.7 Å². The summed E-state index contributed by atoms with van der Waals surface area (Å²) >= 11 is 4.72. The van der Waals surface area contributed by atoms with Crippen LogP contribution in [-0.2, 0) is 0 Å². The van der Waals surface area contributed by atoms with Gasteiger partial charge < -0.3 is 5.11 Å². The number of thioether (sulfide) groups is 2. The maximum Gasteiger partial charge on any atom is 0.177 e. The molecular formula is C15H28N2OS3. The zero-order chi connectivity index (χ0) is 15.2. The van der Waals surface area contributed by atoms with Crippen LogP contribution in [0, 0.1) is 0 Å². The number of rotatable bonds is 14. The van der Waals surface area contributed by atoms with Crippen LogP contribution >= 0.6 is 34.9 Å². The summed E-state index contributed by atoms with van der Waals surface area (Å²) in [6, 6.07) is 0. The Labute approximate surface area is 141 Å². The van der Waals surface area contributed by atoms with Gasteiger partial charge in [-0.05, 0) is 6.42 Å². The third-order valence-corrected chi connectivity index (χ3v) is 6.30. The van der Waals surface area contributed by atoms with E-state index < -0.39 is 0 Å². The Morgan fingerprint density at radius 3 is 1.90 bits per heavy atom. The van der Waals surface area contributed by atoms with Crippen LogP contribution in [0.25, 0.3) is 0 Å². The van der Waals surface area contributed by atoms with Crippen molar-refractivity contribution in [3.63, 3.8) is 0 Å². The van der Waals surface area contributed by atoms with E-state index >= 15 is 0 Å². The number of hydrogen-bond acceptors (Lipinski definition) is 6. The minimum atomic E-state index is 0.0811. The Balaban J connectivity index is 1.86. The Morgan fingerprint density at radius 2 is 1.33 bits per heavy atom. The molecule has 0 fully saturated rings. The molecular weight excluding hydrogens is 320 g/mol. The Kier molecular flexibility index (Phi) is 12.7. The second-order valence-corrected chi connectivity index (χ2v) is 8.65. The van der Waals surface area contributed by atoms with Gasteiger partial charge in [0.25, 0.3) is 0 Å². The predicted octanol–water partition coefficient (Wildman–Crippen LogP) is 5.59. The second-order valence-electron chi connectivity index (χ2n) is 5.14. The fourth-order valence-electron chi connectivity index (χ4n) is 2.12. The van der Waals surface area contributed by atoms with Crippen molar-refractivity contribution in [2.24, 2.45) is 0 Å². The maximum absolute atomic E-state index is 8.80. The first-order chi connectivity index (χ1) is 10.4. The monoisotopic (exact) mass is 348 g/mol. The van der Waals surface area contributed by atoms with E-state index in [2.05, 4.69) is 17.1 Å². The molecule has 6 heteroatoms. The van der Waals surface area contributed by atoms with Gasteiger partial charge in [-0.2, -0.15) is 0 Å². The summed E-state index contributed by atoms with van der Waals surface area (Å²) in [5.74, 6) is 1.21. The third kappa shape index (κ3) is 10.6. The fourth-order valence-corrected chi connectivity index (χ4v) is 4.77. The molecule has 0 aliphatic carbocycles. The highest BCUT2D eigenvalue weighted by atomic mass is 32.2. The van der Waals surface area contributed by atoms with Gasteiger partial charge in [-0.25, -0.2) is 0 Å². The number of hydrogen-bond donors (Lipinski definition) is 1. The van der Waals surface area contributed by atoms with E-state index in [1.54, 1.807) is 23.1 Å². The average molecular weight is 349 g/mol. The van der Waals surface area contributed by atoms with Gasteiger partial charge in [0.05, 0.1) is 5.94 Å². The summed E-state index contributed by atoms with van der Waals surface area (Å²) in [5.41, 5.74) is 0. The highest BCUT2D eigenvalue weighted by Gasteiger charge is 2.04. The topological polar surface area (TPSA) is 46.0 Å². The lowest BCUT2D eigenvalue weighted by Crippen LogP contribution is -1.84. The lowest BCUT2D eigenvalue weighted by atomic mass is 10.1. The molecule has 0 spiro atoms. The highest BCUT2D eigenvalue weighted by molar-refractivity contribution is 8.03. The molecule has 0 aliphatic heterocycles. The SMILES string of the molecule is CCCCCCCCCCCCSc1nnc(SCO)s1. The van der Waals surface area contributed by atoms with Gasteiger partial charge >= 0.3 is 0 Å². The number of aliphatic hydroxyl groups is 1. The lowest BCUT2D eigenvalue weighted by molar-refractivity contribution is 0.375. The number of aromatic nitrogens is 2. The van der Waals surface area contributed by atoms with Crippen molar-refractivity contribution in [1.82, 2.24) is 10.2 Å². The molecule has 0 radical (unpaired) electrons. The lowest BCUT2D eigenvalue weighted by Gasteiger charge is -2.01. The number of nitrogens with zero attached hydrogens (tertiary/aromatic N) is 2. The molecule has 21 heavy (non-hydrogen) atoms. The van der Waals surface area contributed by atoms with Crippen LogP contribution in [0.4, 0.5) is 0 Å². The smallest absolute Gasteiger partial charge is 0.177 e. The van der Waals surface area contributed by atoms with Crippen LogP contribution in [0.5, 0.6) is 0 Å². The van der Waals surface area contributed by atoms with Gasteiger partial charge in [0.1, 0.15) is 0 Å². The van der Waals surface area contributed by atoms with Crippen LogP contribution in [0.15, 0.2) is 8.68 Å². The molecule has 1 aromatic heterocycles. The van der Waals surface area contributed by atoms with Crippen LogP contribution in [-0.4, -0.2) is 27.0 Å². The Bertz CT molecular complexity index is 347. The van der Waals surface area contributed by atoms with Gasteiger partial charge in [-0.15, -0.1) is 10.2 Å². The summed E-state index contributed by atoms with van der Waals surface area (Å²) < 4.78 is 1.89. The van der Waals surface area contributed by atoms with Gasteiger partial charge in [-0.1, -0.05) is 99.6 Å². The van der Waals surface area contributed by atoms with Crippen LogP contribution in [0.1, 0.15) is 71.1 Å². The average Bonchev–Trinajstić information content (AvgIpc) is 2.93. The normalized spacial score (nSPS) is 11.1. The fraction of sp³-hybridized carbons (Fsp3) is 0.867. The molecule has 0 aromatic carbocycles. The highest BCUT2D eigenvalue weighted by Crippen LogP contribution is 2.28. The first-order valence-electron chi connectivity index (χ1n) is 8.06. The van der Waals surface area contributed by atoms with Gasteiger partial charge in [0, 0.05) is 5.75 Å². The van der Waals surface area contributed by atoms with Crippen LogP contribution in [0.3, 0.4) is 0 Å². The standard InChI is InChI=1S/C15H28N2OS3/c1-2-3-4-5-6-7-8-9-10-11-12-19-14-16-17-15(21-14)20-13-18/h18H,2-13H2,1H3. The van der Waals surface area contributed by atoms with E-state index in [-0.39, 0.29) is 5.94 Å². The quantitative estimate of drug-likeness (QED) is 0.270. The number of unbranched alkanes of at least 4 members (excludes halogenated alkanes) is 9. The largest absolute Gasteiger partial charge is 0.385 e. The van der Waals surface area contributed by atoms with Crippen molar-refractivity contribution in [2.45, 2.75) is 79.8 Å². The molecule has 1 rings (SSSR count). The van der Waals surface area contributed by atoms with E-state index in [1.165, 1.54) is 76.0 Å². The molecule has 0 saturated carbocycles. The van der Waals surface area contributed by atoms with E-state index in [0.29, 0.717) is 0 Å². The minimum Gasteiger partial charge on any atom is -0.385 e. The molecule has 1 aromatic rings. The van der Waals surface area contributed by atoms with Crippen molar-refractivity contribution in [3.8, 4) is 0 Å². The summed E-state index contributed by atoms with van der Waals surface area (Å²) in [5, 5.41) is 16.9. The molecule has 0 bridgehead atoms. The van der Waals surface area contributed by atoms with E-state index in [4.69, 9.17) is 5.11 Å². The van der Waals surface area contributed by atoms with Crippen molar-refractivity contribution in [1.29, 1.82) is 0 Å². The zero-order valence-electron chi connectivity index (χ0n) is 13.1. The van der Waals surface area contributed by atoms with E-state index in [0.717, 1.165) is 14.4 Å². The molecule has 0 amide bonds. The summed E-state index contributed by atoms with van der Waals surface area (Å²) in [6.45, 7) is 2.27.